The Labute approximate surface area is 185 Å². The van der Waals surface area contributed by atoms with E-state index in [1.54, 1.807) is 18.2 Å². The van der Waals surface area contributed by atoms with Gasteiger partial charge in [0, 0.05) is 48.8 Å². The van der Waals surface area contributed by atoms with E-state index in [2.05, 4.69) is 15.3 Å². The number of pyridine rings is 2. The second-order valence-corrected chi connectivity index (χ2v) is 7.61. The first-order chi connectivity index (χ1) is 15.5. The summed E-state index contributed by atoms with van der Waals surface area (Å²) in [5.41, 5.74) is 2.28. The molecule has 0 aliphatic carbocycles. The first kappa shape index (κ1) is 21.4. The van der Waals surface area contributed by atoms with Crippen molar-refractivity contribution in [3.8, 4) is 5.88 Å². The van der Waals surface area contributed by atoms with Crippen molar-refractivity contribution < 1.29 is 18.7 Å². The highest BCUT2D eigenvalue weighted by Crippen LogP contribution is 2.27. The van der Waals surface area contributed by atoms with Crippen LogP contribution in [0.3, 0.4) is 0 Å². The van der Waals surface area contributed by atoms with Gasteiger partial charge in [0.1, 0.15) is 5.82 Å². The molecule has 1 fully saturated rings. The molecule has 2 aromatic heterocycles. The fourth-order valence-corrected chi connectivity index (χ4v) is 3.73. The summed E-state index contributed by atoms with van der Waals surface area (Å²) >= 11 is 0. The summed E-state index contributed by atoms with van der Waals surface area (Å²) < 4.78 is 18.1. The third-order valence-electron chi connectivity index (χ3n) is 5.47. The molecular weight excluding hydrogens is 411 g/mol. The average molecular weight is 434 g/mol. The van der Waals surface area contributed by atoms with Crippen molar-refractivity contribution in [2.75, 3.05) is 25.5 Å². The van der Waals surface area contributed by atoms with Crippen LogP contribution in [0.5, 0.6) is 5.88 Å². The Bertz CT molecular complexity index is 1090. The van der Waals surface area contributed by atoms with E-state index in [-0.39, 0.29) is 23.5 Å². The third kappa shape index (κ3) is 4.91. The topological polar surface area (TPSA) is 84.4 Å². The lowest BCUT2D eigenvalue weighted by Gasteiger charge is -2.32. The number of methoxy groups -OCH3 is 1. The second kappa shape index (κ2) is 9.55. The summed E-state index contributed by atoms with van der Waals surface area (Å²) in [5, 5.41) is 2.72. The van der Waals surface area contributed by atoms with E-state index in [1.807, 2.05) is 11.0 Å². The number of likely N-dealkylation sites (tertiary alicyclic amines) is 1. The fraction of sp³-hybridized carbons (Fsp3) is 0.250. The van der Waals surface area contributed by atoms with Crippen LogP contribution in [0, 0.1) is 5.82 Å². The van der Waals surface area contributed by atoms with Crippen LogP contribution in [-0.4, -0.2) is 46.9 Å². The minimum atomic E-state index is -0.364. The summed E-state index contributed by atoms with van der Waals surface area (Å²) in [5.74, 6) is -0.195. The van der Waals surface area contributed by atoms with Gasteiger partial charge in [0.15, 0.2) is 0 Å². The molecule has 1 aliphatic heterocycles. The van der Waals surface area contributed by atoms with Gasteiger partial charge in [-0.05, 0) is 55.3 Å². The van der Waals surface area contributed by atoms with Gasteiger partial charge in [-0.3, -0.25) is 14.6 Å². The van der Waals surface area contributed by atoms with E-state index in [0.29, 0.717) is 35.8 Å². The van der Waals surface area contributed by atoms with Gasteiger partial charge in [0.25, 0.3) is 11.8 Å². The van der Waals surface area contributed by atoms with E-state index < -0.39 is 0 Å². The summed E-state index contributed by atoms with van der Waals surface area (Å²) in [4.78, 5) is 35.7. The number of ether oxygens (including phenoxy) is 1. The zero-order valence-electron chi connectivity index (χ0n) is 17.6. The standard InChI is InChI=1S/C24H23FN4O3/c1-32-22-11-5-17(14-27-22)24(31)29-12-2-3-18(15-29)21-10-4-16(13-26-21)23(30)28-20-8-6-19(25)7-9-20/h4-11,13-14,18H,2-3,12,15H2,1H3,(H,28,30)/t18-/m0/s1. The van der Waals surface area contributed by atoms with E-state index in [4.69, 9.17) is 4.74 Å². The number of benzene rings is 1. The van der Waals surface area contributed by atoms with E-state index in [9.17, 15) is 14.0 Å². The number of amides is 2. The molecule has 1 N–H and O–H groups in total. The number of rotatable bonds is 5. The van der Waals surface area contributed by atoms with E-state index in [1.165, 1.54) is 43.8 Å². The van der Waals surface area contributed by atoms with Crippen molar-refractivity contribution in [2.45, 2.75) is 18.8 Å². The Morgan fingerprint density at radius 2 is 1.78 bits per heavy atom. The molecule has 0 radical (unpaired) electrons. The lowest BCUT2D eigenvalue weighted by molar-refractivity contribution is 0.0705. The van der Waals surface area contributed by atoms with Crippen LogP contribution >= 0.6 is 0 Å². The summed E-state index contributed by atoms with van der Waals surface area (Å²) in [6, 6.07) is 12.5. The second-order valence-electron chi connectivity index (χ2n) is 7.61. The molecule has 0 unspecified atom stereocenters. The molecule has 2 amide bonds. The smallest absolute Gasteiger partial charge is 0.257 e. The average Bonchev–Trinajstić information content (AvgIpc) is 2.85. The number of nitrogens with zero attached hydrogens (tertiary/aromatic N) is 3. The highest BCUT2D eigenvalue weighted by atomic mass is 19.1. The molecule has 164 valence electrons. The van der Waals surface area contributed by atoms with Crippen LogP contribution in [0.25, 0.3) is 0 Å². The van der Waals surface area contributed by atoms with Crippen LogP contribution in [0.15, 0.2) is 60.9 Å². The molecule has 1 aliphatic rings. The summed E-state index contributed by atoms with van der Waals surface area (Å²) in [7, 11) is 1.53. The van der Waals surface area contributed by atoms with Gasteiger partial charge in [0.2, 0.25) is 5.88 Å². The van der Waals surface area contributed by atoms with Crippen LogP contribution < -0.4 is 10.1 Å². The molecule has 32 heavy (non-hydrogen) atoms. The molecule has 3 aromatic rings. The molecule has 4 rings (SSSR count). The van der Waals surface area contributed by atoms with Crippen molar-refractivity contribution in [1.29, 1.82) is 0 Å². The Balaban J connectivity index is 1.40. The van der Waals surface area contributed by atoms with Gasteiger partial charge >= 0.3 is 0 Å². The van der Waals surface area contributed by atoms with Crippen LogP contribution in [-0.2, 0) is 0 Å². The number of anilines is 1. The van der Waals surface area contributed by atoms with Crippen LogP contribution in [0.4, 0.5) is 10.1 Å². The lowest BCUT2D eigenvalue weighted by atomic mass is 9.93. The van der Waals surface area contributed by atoms with Crippen LogP contribution in [0.1, 0.15) is 45.2 Å². The minimum absolute atomic E-state index is 0.0693. The Hall–Kier alpha value is -3.81. The number of hydrogen-bond acceptors (Lipinski definition) is 5. The van der Waals surface area contributed by atoms with Gasteiger partial charge in [-0.2, -0.15) is 0 Å². The maximum Gasteiger partial charge on any atom is 0.257 e. The normalized spacial score (nSPS) is 15.8. The molecule has 3 heterocycles. The van der Waals surface area contributed by atoms with Gasteiger partial charge < -0.3 is 15.0 Å². The number of nitrogens with one attached hydrogen (secondary N) is 1. The maximum absolute atomic E-state index is 13.0. The first-order valence-electron chi connectivity index (χ1n) is 10.4. The summed E-state index contributed by atoms with van der Waals surface area (Å²) in [6.45, 7) is 1.23. The van der Waals surface area contributed by atoms with Gasteiger partial charge in [-0.25, -0.2) is 9.37 Å². The molecule has 8 heteroatoms. The maximum atomic E-state index is 13.0. The molecule has 1 aromatic carbocycles. The number of halogens is 1. The number of aromatic nitrogens is 2. The Kier molecular flexibility index (Phi) is 6.39. The molecule has 1 saturated heterocycles. The number of carbonyl (C=O) groups is 2. The predicted molar refractivity (Wildman–Crippen MR) is 117 cm³/mol. The third-order valence-corrected chi connectivity index (χ3v) is 5.47. The van der Waals surface area contributed by atoms with Gasteiger partial charge in [0.05, 0.1) is 18.2 Å². The Morgan fingerprint density at radius 3 is 2.44 bits per heavy atom. The summed E-state index contributed by atoms with van der Waals surface area (Å²) in [6.07, 6.45) is 4.84. The van der Waals surface area contributed by atoms with Crippen molar-refractivity contribution in [3.63, 3.8) is 0 Å². The number of hydrogen-bond donors (Lipinski definition) is 1. The van der Waals surface area contributed by atoms with Crippen LogP contribution in [0.2, 0.25) is 0 Å². The number of carbonyl (C=O) groups excluding carboxylic acids is 2. The molecule has 0 bridgehead atoms. The van der Waals surface area contributed by atoms with Crippen molar-refractivity contribution >= 4 is 17.5 Å². The fourth-order valence-electron chi connectivity index (χ4n) is 3.73. The van der Waals surface area contributed by atoms with E-state index in [0.717, 1.165) is 18.5 Å². The molecule has 0 saturated carbocycles. The zero-order chi connectivity index (χ0) is 22.5. The van der Waals surface area contributed by atoms with E-state index >= 15 is 0 Å². The monoisotopic (exact) mass is 434 g/mol. The predicted octanol–water partition coefficient (Wildman–Crippen LogP) is 3.90. The first-order valence-corrected chi connectivity index (χ1v) is 10.4. The molecular formula is C24H23FN4O3. The highest BCUT2D eigenvalue weighted by Gasteiger charge is 2.26. The Morgan fingerprint density at radius 1 is 1.03 bits per heavy atom. The largest absolute Gasteiger partial charge is 0.481 e. The van der Waals surface area contributed by atoms with Gasteiger partial charge in [-0.1, -0.05) is 0 Å². The van der Waals surface area contributed by atoms with Crippen molar-refractivity contribution in [3.05, 3.63) is 83.6 Å². The van der Waals surface area contributed by atoms with Gasteiger partial charge in [-0.15, -0.1) is 0 Å². The molecule has 0 spiro atoms. The quantitative estimate of drug-likeness (QED) is 0.659. The zero-order valence-corrected chi connectivity index (χ0v) is 17.6. The molecule has 1 atom stereocenters. The highest BCUT2D eigenvalue weighted by molar-refractivity contribution is 6.04. The van der Waals surface area contributed by atoms with Crippen molar-refractivity contribution in [1.82, 2.24) is 14.9 Å². The lowest BCUT2D eigenvalue weighted by Crippen LogP contribution is -2.39. The molecule has 7 nitrogen and oxygen atoms in total. The number of piperidine rings is 1. The SMILES string of the molecule is COc1ccc(C(=O)N2CCC[C@H](c3ccc(C(=O)Nc4ccc(F)cc4)cn3)C2)cn1. The minimum Gasteiger partial charge on any atom is -0.481 e. The van der Waals surface area contributed by atoms with Crippen molar-refractivity contribution in [2.24, 2.45) is 0 Å².